The van der Waals surface area contributed by atoms with Gasteiger partial charge in [-0.3, -0.25) is 9.59 Å². The van der Waals surface area contributed by atoms with E-state index in [2.05, 4.69) is 20.8 Å². The van der Waals surface area contributed by atoms with E-state index in [4.69, 9.17) is 9.84 Å². The van der Waals surface area contributed by atoms with E-state index in [1.54, 1.807) is 14.0 Å². The number of hydrogen-bond donors (Lipinski definition) is 1. The minimum atomic E-state index is -0.853. The lowest BCUT2D eigenvalue weighted by molar-refractivity contribution is -0.139. The van der Waals surface area contributed by atoms with Gasteiger partial charge in [-0.25, -0.2) is 0 Å². The summed E-state index contributed by atoms with van der Waals surface area (Å²) in [6.07, 6.45) is -0.121. The summed E-state index contributed by atoms with van der Waals surface area (Å²) in [6.45, 7) is 8.48. The molecule has 0 fully saturated rings. The smallest absolute Gasteiger partial charge is 0.303 e. The van der Waals surface area contributed by atoms with Crippen LogP contribution in [0.15, 0.2) is 24.3 Å². The normalized spacial score (nSPS) is 12.6. The number of aliphatic carboxylic acids is 1. The molecule has 1 rings (SSSR count). The number of carboxylic acids is 1. The molecular weight excluding hydrogens is 294 g/mol. The maximum atomic E-state index is 12.3. The highest BCUT2D eigenvalue weighted by molar-refractivity contribution is 5.80. The Kier molecular flexibility index (Phi) is 6.61. The summed E-state index contributed by atoms with van der Waals surface area (Å²) in [5.74, 6) is -0.345. The molecule has 0 radical (unpaired) electrons. The van der Waals surface area contributed by atoms with Crippen LogP contribution >= 0.6 is 0 Å². The molecule has 1 N–H and O–H groups in total. The van der Waals surface area contributed by atoms with Gasteiger partial charge in [0.2, 0.25) is 0 Å². The van der Waals surface area contributed by atoms with E-state index >= 15 is 0 Å². The van der Waals surface area contributed by atoms with Crippen molar-refractivity contribution in [1.82, 2.24) is 4.90 Å². The Labute approximate surface area is 138 Å². The third-order valence-corrected chi connectivity index (χ3v) is 3.62. The molecule has 23 heavy (non-hydrogen) atoms. The predicted molar refractivity (Wildman–Crippen MR) is 89.7 cm³/mol. The molecule has 1 aromatic carbocycles. The maximum Gasteiger partial charge on any atom is 0.303 e. The second kappa shape index (κ2) is 7.99. The van der Waals surface area contributed by atoms with Crippen LogP contribution in [-0.2, 0) is 15.0 Å². The minimum absolute atomic E-state index is 0.0141. The Hall–Kier alpha value is -2.04. The standard InChI is InChI=1S/C18H27NO4/c1-13(17(22)19(5)11-7-10-16(20)21)23-15-9-6-8-14(12-15)18(2,3)4/h6,8-9,12-13H,7,10-11H2,1-5H3,(H,20,21). The van der Waals surface area contributed by atoms with Crippen molar-refractivity contribution in [3.05, 3.63) is 29.8 Å². The summed E-state index contributed by atoms with van der Waals surface area (Å²) in [5.41, 5.74) is 1.16. The Morgan fingerprint density at radius 1 is 1.30 bits per heavy atom. The molecule has 0 bridgehead atoms. The van der Waals surface area contributed by atoms with Crippen molar-refractivity contribution in [1.29, 1.82) is 0 Å². The number of nitrogens with zero attached hydrogens (tertiary/aromatic N) is 1. The highest BCUT2D eigenvalue weighted by atomic mass is 16.5. The Morgan fingerprint density at radius 3 is 2.52 bits per heavy atom. The summed E-state index contributed by atoms with van der Waals surface area (Å²) < 4.78 is 5.75. The van der Waals surface area contributed by atoms with Crippen LogP contribution in [0.25, 0.3) is 0 Å². The minimum Gasteiger partial charge on any atom is -0.481 e. The van der Waals surface area contributed by atoms with E-state index in [0.717, 1.165) is 5.56 Å². The van der Waals surface area contributed by atoms with Gasteiger partial charge >= 0.3 is 5.97 Å². The predicted octanol–water partition coefficient (Wildman–Crippen LogP) is 3.07. The number of hydrogen-bond acceptors (Lipinski definition) is 3. The number of ether oxygens (including phenoxy) is 1. The van der Waals surface area contributed by atoms with Gasteiger partial charge in [-0.15, -0.1) is 0 Å². The van der Waals surface area contributed by atoms with E-state index < -0.39 is 12.1 Å². The van der Waals surface area contributed by atoms with Gasteiger partial charge in [0.15, 0.2) is 6.10 Å². The summed E-state index contributed by atoms with van der Waals surface area (Å²) in [4.78, 5) is 24.3. The van der Waals surface area contributed by atoms with Gasteiger partial charge in [0.1, 0.15) is 5.75 Å². The lowest BCUT2D eigenvalue weighted by Gasteiger charge is -2.23. The van der Waals surface area contributed by atoms with Gasteiger partial charge in [-0.05, 0) is 36.5 Å². The van der Waals surface area contributed by atoms with Crippen molar-refractivity contribution < 1.29 is 19.4 Å². The molecule has 0 aliphatic heterocycles. The van der Waals surface area contributed by atoms with Gasteiger partial charge < -0.3 is 14.7 Å². The fourth-order valence-corrected chi connectivity index (χ4v) is 2.18. The second-order valence-electron chi connectivity index (χ2n) is 6.79. The Morgan fingerprint density at radius 2 is 1.96 bits per heavy atom. The van der Waals surface area contributed by atoms with Crippen LogP contribution in [0.2, 0.25) is 0 Å². The molecule has 5 heteroatoms. The van der Waals surface area contributed by atoms with Crippen LogP contribution in [0.4, 0.5) is 0 Å². The van der Waals surface area contributed by atoms with Crippen molar-refractivity contribution in [2.75, 3.05) is 13.6 Å². The molecule has 1 aromatic rings. The van der Waals surface area contributed by atoms with Crippen LogP contribution in [0, 0.1) is 0 Å². The Bertz CT molecular complexity index is 548. The number of carbonyl (C=O) groups excluding carboxylic acids is 1. The Balaban J connectivity index is 2.63. The molecule has 0 saturated carbocycles. The van der Waals surface area contributed by atoms with Crippen LogP contribution in [0.5, 0.6) is 5.75 Å². The summed E-state index contributed by atoms with van der Waals surface area (Å²) in [6, 6.07) is 7.75. The molecule has 0 heterocycles. The highest BCUT2D eigenvalue weighted by Crippen LogP contribution is 2.26. The number of rotatable bonds is 7. The van der Waals surface area contributed by atoms with Crippen LogP contribution in [0.3, 0.4) is 0 Å². The lowest BCUT2D eigenvalue weighted by atomic mass is 9.87. The fraction of sp³-hybridized carbons (Fsp3) is 0.556. The summed E-state index contributed by atoms with van der Waals surface area (Å²) in [7, 11) is 1.66. The van der Waals surface area contributed by atoms with E-state index in [9.17, 15) is 9.59 Å². The number of carbonyl (C=O) groups is 2. The topological polar surface area (TPSA) is 66.8 Å². The van der Waals surface area contributed by atoms with E-state index in [-0.39, 0.29) is 17.7 Å². The van der Waals surface area contributed by atoms with Crippen molar-refractivity contribution in [2.24, 2.45) is 0 Å². The fourth-order valence-electron chi connectivity index (χ4n) is 2.18. The van der Waals surface area contributed by atoms with E-state index in [1.807, 2.05) is 24.3 Å². The molecule has 0 spiro atoms. The third-order valence-electron chi connectivity index (χ3n) is 3.62. The van der Waals surface area contributed by atoms with Crippen molar-refractivity contribution in [3.63, 3.8) is 0 Å². The zero-order chi connectivity index (χ0) is 17.6. The van der Waals surface area contributed by atoms with Gasteiger partial charge in [0, 0.05) is 20.0 Å². The first-order valence-corrected chi connectivity index (χ1v) is 7.85. The average Bonchev–Trinajstić information content (AvgIpc) is 2.45. The first kappa shape index (κ1) is 19.0. The average molecular weight is 321 g/mol. The van der Waals surface area contributed by atoms with Crippen molar-refractivity contribution in [2.45, 2.75) is 52.1 Å². The maximum absolute atomic E-state index is 12.3. The van der Waals surface area contributed by atoms with Crippen LogP contribution in [-0.4, -0.2) is 41.6 Å². The van der Waals surface area contributed by atoms with Gasteiger partial charge in [0.05, 0.1) is 0 Å². The number of likely N-dealkylation sites (N-methyl/N-ethyl adjacent to an activating group) is 1. The molecule has 0 aliphatic carbocycles. The van der Waals surface area contributed by atoms with Crippen molar-refractivity contribution in [3.8, 4) is 5.75 Å². The second-order valence-corrected chi connectivity index (χ2v) is 6.79. The number of amides is 1. The molecule has 1 amide bonds. The van der Waals surface area contributed by atoms with Crippen molar-refractivity contribution >= 4 is 11.9 Å². The quantitative estimate of drug-likeness (QED) is 0.838. The molecule has 1 atom stereocenters. The highest BCUT2D eigenvalue weighted by Gasteiger charge is 2.20. The first-order valence-electron chi connectivity index (χ1n) is 7.85. The van der Waals surface area contributed by atoms with Gasteiger partial charge in [0.25, 0.3) is 5.91 Å². The van der Waals surface area contributed by atoms with Crippen LogP contribution in [0.1, 0.15) is 46.1 Å². The van der Waals surface area contributed by atoms with Gasteiger partial charge in [-0.1, -0.05) is 32.9 Å². The molecule has 1 unspecified atom stereocenters. The van der Waals surface area contributed by atoms with Gasteiger partial charge in [-0.2, -0.15) is 0 Å². The molecule has 0 aliphatic rings. The molecule has 0 aromatic heterocycles. The number of carboxylic acid groups (broad SMARTS) is 1. The lowest BCUT2D eigenvalue weighted by Crippen LogP contribution is -2.38. The zero-order valence-electron chi connectivity index (χ0n) is 14.6. The molecule has 0 saturated heterocycles. The first-order chi connectivity index (χ1) is 10.6. The zero-order valence-corrected chi connectivity index (χ0v) is 14.6. The summed E-state index contributed by atoms with van der Waals surface area (Å²) >= 11 is 0. The number of benzene rings is 1. The van der Waals surface area contributed by atoms with E-state index in [1.165, 1.54) is 4.90 Å². The molecular formula is C18H27NO4. The van der Waals surface area contributed by atoms with Crippen LogP contribution < -0.4 is 4.74 Å². The third kappa shape index (κ3) is 6.30. The van der Waals surface area contributed by atoms with E-state index in [0.29, 0.717) is 18.7 Å². The SMILES string of the molecule is CC(Oc1cccc(C(C)(C)C)c1)C(=O)N(C)CCCC(=O)O. The molecule has 128 valence electrons. The monoisotopic (exact) mass is 321 g/mol. The largest absolute Gasteiger partial charge is 0.481 e. The molecule has 5 nitrogen and oxygen atoms in total. The summed E-state index contributed by atoms with van der Waals surface area (Å²) in [5, 5.41) is 8.63.